The Hall–Kier alpha value is -1.18. The minimum Gasteiger partial charge on any atom is -0.299 e. The van der Waals surface area contributed by atoms with Crippen LogP contribution in [0.25, 0.3) is 0 Å². The van der Waals surface area contributed by atoms with Gasteiger partial charge in [0.1, 0.15) is 5.78 Å². The molecule has 0 atom stereocenters. The monoisotopic (exact) mass is 205 g/mol. The van der Waals surface area contributed by atoms with Crippen molar-refractivity contribution in [3.05, 3.63) is 29.6 Å². The first kappa shape index (κ1) is 11.9. The fourth-order valence-corrected chi connectivity index (χ4v) is 1.29. The summed E-state index contributed by atoms with van der Waals surface area (Å²) in [6.45, 7) is 8.08. The van der Waals surface area contributed by atoms with Crippen molar-refractivity contribution in [3.63, 3.8) is 0 Å². The van der Waals surface area contributed by atoms with Gasteiger partial charge < -0.3 is 0 Å². The highest BCUT2D eigenvalue weighted by Gasteiger charge is 2.08. The van der Waals surface area contributed by atoms with Crippen LogP contribution >= 0.6 is 0 Å². The van der Waals surface area contributed by atoms with Gasteiger partial charge >= 0.3 is 0 Å². The Labute approximate surface area is 91.7 Å². The smallest absolute Gasteiger partial charge is 0.139 e. The number of hydrogen-bond acceptors (Lipinski definition) is 2. The normalized spacial score (nSPS) is 11.1. The number of carbonyl (C=O) groups excluding carboxylic acids is 1. The predicted octanol–water partition coefficient (Wildman–Crippen LogP) is 2.97. The van der Waals surface area contributed by atoms with Gasteiger partial charge in [0.05, 0.1) is 0 Å². The second-order valence-electron chi connectivity index (χ2n) is 4.54. The molecule has 0 saturated carbocycles. The van der Waals surface area contributed by atoms with Crippen LogP contribution in [0.2, 0.25) is 0 Å². The van der Waals surface area contributed by atoms with Crippen LogP contribution in [0.5, 0.6) is 0 Å². The highest BCUT2D eigenvalue weighted by atomic mass is 16.1. The molecule has 0 amide bonds. The van der Waals surface area contributed by atoms with Crippen molar-refractivity contribution in [2.24, 2.45) is 5.92 Å². The maximum atomic E-state index is 11.5. The molecule has 15 heavy (non-hydrogen) atoms. The molecule has 0 aliphatic carbocycles. The van der Waals surface area contributed by atoms with Gasteiger partial charge in [0, 0.05) is 24.2 Å². The summed E-state index contributed by atoms with van der Waals surface area (Å²) in [6.07, 6.45) is 2.32. The third-order valence-electron chi connectivity index (χ3n) is 2.46. The van der Waals surface area contributed by atoms with Gasteiger partial charge in [-0.3, -0.25) is 9.78 Å². The maximum Gasteiger partial charge on any atom is 0.139 e. The number of rotatable bonds is 4. The number of Topliss-reactive ketones (excluding diaryl/α,β-unsaturated/α-hetero) is 1. The first-order chi connectivity index (χ1) is 7.00. The zero-order valence-corrected chi connectivity index (χ0v) is 9.95. The summed E-state index contributed by atoms with van der Waals surface area (Å²) in [6, 6.07) is 4.01. The molecular formula is C13H19NO. The van der Waals surface area contributed by atoms with Crippen LogP contribution in [0.4, 0.5) is 0 Å². The molecule has 1 heterocycles. The van der Waals surface area contributed by atoms with Crippen molar-refractivity contribution in [2.75, 3.05) is 0 Å². The minimum absolute atomic E-state index is 0.106. The van der Waals surface area contributed by atoms with Crippen molar-refractivity contribution < 1.29 is 4.79 Å². The zero-order chi connectivity index (χ0) is 11.4. The Bertz CT molecular complexity index is 325. The van der Waals surface area contributed by atoms with E-state index in [9.17, 15) is 4.79 Å². The summed E-state index contributed by atoms with van der Waals surface area (Å²) in [5.74, 6) is 0.823. The molecule has 1 aromatic rings. The van der Waals surface area contributed by atoms with Crippen LogP contribution in [-0.2, 0) is 11.2 Å². The van der Waals surface area contributed by atoms with Crippen LogP contribution in [0.1, 0.15) is 44.9 Å². The summed E-state index contributed by atoms with van der Waals surface area (Å²) in [7, 11) is 0. The van der Waals surface area contributed by atoms with E-state index in [4.69, 9.17) is 0 Å². The Kier molecular flexibility index (Phi) is 4.01. The molecule has 2 heteroatoms. The largest absolute Gasteiger partial charge is 0.299 e. The molecular weight excluding hydrogens is 186 g/mol. The lowest BCUT2D eigenvalue weighted by molar-refractivity contribution is -0.121. The maximum absolute atomic E-state index is 11.5. The van der Waals surface area contributed by atoms with E-state index >= 15 is 0 Å². The van der Waals surface area contributed by atoms with Crippen LogP contribution < -0.4 is 0 Å². The Morgan fingerprint density at radius 3 is 2.33 bits per heavy atom. The summed E-state index contributed by atoms with van der Waals surface area (Å²) < 4.78 is 0. The fourth-order valence-electron chi connectivity index (χ4n) is 1.29. The van der Waals surface area contributed by atoms with Crippen molar-refractivity contribution in [2.45, 2.75) is 40.0 Å². The molecule has 0 aliphatic heterocycles. The van der Waals surface area contributed by atoms with Crippen molar-refractivity contribution in [3.8, 4) is 0 Å². The number of hydrogen-bond donors (Lipinski definition) is 0. The molecule has 1 aromatic heterocycles. The molecule has 82 valence electrons. The first-order valence-electron chi connectivity index (χ1n) is 5.48. The molecule has 0 N–H and O–H groups in total. The summed E-state index contributed by atoms with van der Waals surface area (Å²) in [4.78, 5) is 15.8. The topological polar surface area (TPSA) is 30.0 Å². The average Bonchev–Trinajstić information content (AvgIpc) is 2.18. The summed E-state index contributed by atoms with van der Waals surface area (Å²) in [5.41, 5.74) is 2.09. The van der Waals surface area contributed by atoms with E-state index in [0.29, 0.717) is 12.3 Å². The third kappa shape index (κ3) is 3.46. The number of nitrogens with zero attached hydrogens (tertiary/aromatic N) is 1. The van der Waals surface area contributed by atoms with Gasteiger partial charge in [-0.1, -0.05) is 33.8 Å². The highest BCUT2D eigenvalue weighted by Crippen LogP contribution is 2.12. The second-order valence-corrected chi connectivity index (χ2v) is 4.54. The van der Waals surface area contributed by atoms with Crippen molar-refractivity contribution in [1.82, 2.24) is 4.98 Å². The van der Waals surface area contributed by atoms with Gasteiger partial charge in [-0.05, 0) is 17.5 Å². The van der Waals surface area contributed by atoms with Crippen LogP contribution in [0, 0.1) is 5.92 Å². The van der Waals surface area contributed by atoms with Gasteiger partial charge in [0.15, 0.2) is 0 Å². The predicted molar refractivity (Wildman–Crippen MR) is 61.9 cm³/mol. The van der Waals surface area contributed by atoms with E-state index < -0.39 is 0 Å². The fraction of sp³-hybridized carbons (Fsp3) is 0.538. The van der Waals surface area contributed by atoms with Crippen LogP contribution in [0.15, 0.2) is 18.3 Å². The molecule has 0 radical (unpaired) electrons. The van der Waals surface area contributed by atoms with E-state index in [0.717, 1.165) is 11.3 Å². The molecule has 0 saturated heterocycles. The van der Waals surface area contributed by atoms with Gasteiger partial charge in [-0.25, -0.2) is 0 Å². The summed E-state index contributed by atoms with van der Waals surface area (Å²) >= 11 is 0. The van der Waals surface area contributed by atoms with Gasteiger partial charge in [-0.15, -0.1) is 0 Å². The molecule has 0 aliphatic rings. The third-order valence-corrected chi connectivity index (χ3v) is 2.46. The number of carbonyl (C=O) groups is 1. The molecule has 0 fully saturated rings. The standard InChI is InChI=1S/C13H19NO/c1-9(2)12-6-5-11(8-14-12)7-13(15)10(3)4/h5-6,8-10H,7H2,1-4H3. The zero-order valence-electron chi connectivity index (χ0n) is 9.95. The lowest BCUT2D eigenvalue weighted by atomic mass is 10.0. The van der Waals surface area contributed by atoms with Crippen molar-refractivity contribution >= 4 is 5.78 Å². The minimum atomic E-state index is 0.106. The Morgan fingerprint density at radius 1 is 1.27 bits per heavy atom. The Morgan fingerprint density at radius 2 is 1.93 bits per heavy atom. The Balaban J connectivity index is 2.69. The molecule has 0 spiro atoms. The molecule has 0 aromatic carbocycles. The number of pyridine rings is 1. The van der Waals surface area contributed by atoms with Crippen molar-refractivity contribution in [1.29, 1.82) is 0 Å². The molecule has 2 nitrogen and oxygen atoms in total. The second kappa shape index (κ2) is 5.06. The first-order valence-corrected chi connectivity index (χ1v) is 5.48. The van der Waals surface area contributed by atoms with E-state index in [1.54, 1.807) is 0 Å². The number of aromatic nitrogens is 1. The average molecular weight is 205 g/mol. The van der Waals surface area contributed by atoms with Gasteiger partial charge in [0.25, 0.3) is 0 Å². The molecule has 0 bridgehead atoms. The molecule has 0 unspecified atom stereocenters. The highest BCUT2D eigenvalue weighted by molar-refractivity contribution is 5.82. The number of ketones is 1. The lowest BCUT2D eigenvalue weighted by Crippen LogP contribution is -2.10. The van der Waals surface area contributed by atoms with Crippen LogP contribution in [-0.4, -0.2) is 10.8 Å². The quantitative estimate of drug-likeness (QED) is 0.756. The van der Waals surface area contributed by atoms with Gasteiger partial charge in [-0.2, -0.15) is 0 Å². The van der Waals surface area contributed by atoms with E-state index in [2.05, 4.69) is 18.8 Å². The lowest BCUT2D eigenvalue weighted by Gasteiger charge is -2.06. The van der Waals surface area contributed by atoms with Gasteiger partial charge in [0.2, 0.25) is 0 Å². The van der Waals surface area contributed by atoms with E-state index in [1.165, 1.54) is 0 Å². The SMILES string of the molecule is CC(C)C(=O)Cc1ccc(C(C)C)nc1. The van der Waals surface area contributed by atoms with E-state index in [-0.39, 0.29) is 11.7 Å². The molecule has 1 rings (SSSR count). The van der Waals surface area contributed by atoms with Crippen LogP contribution in [0.3, 0.4) is 0 Å². The van der Waals surface area contributed by atoms with E-state index in [1.807, 2.05) is 32.2 Å². The summed E-state index contributed by atoms with van der Waals surface area (Å²) in [5, 5.41) is 0.